The molecule has 8 heteroatoms. The molecule has 1 saturated carbocycles. The van der Waals surface area contributed by atoms with Gasteiger partial charge < -0.3 is 19.6 Å². The zero-order valence-electron chi connectivity index (χ0n) is 18.4. The predicted octanol–water partition coefficient (Wildman–Crippen LogP) is 4.07. The molecule has 1 aromatic heterocycles. The Morgan fingerprint density at radius 2 is 2.06 bits per heavy atom. The Morgan fingerprint density at radius 1 is 1.28 bits per heavy atom. The van der Waals surface area contributed by atoms with E-state index in [0.717, 1.165) is 47.2 Å². The van der Waals surface area contributed by atoms with Gasteiger partial charge in [0.15, 0.2) is 0 Å². The maximum absolute atomic E-state index is 12.4. The number of hydrogen-bond acceptors (Lipinski definition) is 5. The quantitative estimate of drug-likeness (QED) is 0.526. The number of hydrogen-bond donors (Lipinski definition) is 2. The number of amides is 1. The molecule has 1 fully saturated rings. The van der Waals surface area contributed by atoms with E-state index in [0.29, 0.717) is 5.02 Å². The molecule has 4 rings (SSSR count). The second-order valence-electron chi connectivity index (χ2n) is 8.45. The minimum atomic E-state index is 0.0106. The zero-order valence-corrected chi connectivity index (χ0v) is 19.1. The van der Waals surface area contributed by atoms with Crippen LogP contribution in [0.1, 0.15) is 12.8 Å². The summed E-state index contributed by atoms with van der Waals surface area (Å²) in [6.45, 7) is 0.734. The second-order valence-corrected chi connectivity index (χ2v) is 8.86. The number of carbonyl (C=O) groups is 1. The first kappa shape index (κ1) is 22.2. The fourth-order valence-corrected chi connectivity index (χ4v) is 4.09. The van der Waals surface area contributed by atoms with Crippen molar-refractivity contribution in [1.29, 1.82) is 0 Å². The lowest BCUT2D eigenvalue weighted by atomic mass is 9.88. The smallest absolute Gasteiger partial charge is 0.246 e. The first-order valence-electron chi connectivity index (χ1n) is 10.5. The van der Waals surface area contributed by atoms with E-state index in [1.54, 1.807) is 29.3 Å². The Bertz CT molecular complexity index is 1150. The Morgan fingerprint density at radius 3 is 2.78 bits per heavy atom. The van der Waals surface area contributed by atoms with Gasteiger partial charge in [-0.25, -0.2) is 0 Å². The van der Waals surface area contributed by atoms with Gasteiger partial charge in [0.1, 0.15) is 17.6 Å². The van der Waals surface area contributed by atoms with Crippen LogP contribution in [0, 0.1) is 0 Å². The number of halogens is 1. The van der Waals surface area contributed by atoms with Crippen LogP contribution in [-0.4, -0.2) is 70.8 Å². The zero-order chi connectivity index (χ0) is 22.8. The lowest BCUT2D eigenvalue weighted by Gasteiger charge is -2.40. The molecule has 32 heavy (non-hydrogen) atoms. The molecule has 1 aliphatic carbocycles. The normalized spacial score (nSPS) is 18.3. The Hall–Kier alpha value is -3.03. The third kappa shape index (κ3) is 4.74. The summed E-state index contributed by atoms with van der Waals surface area (Å²) in [5, 5.41) is 18.2. The first-order valence-corrected chi connectivity index (χ1v) is 10.9. The van der Waals surface area contributed by atoms with Gasteiger partial charge in [-0.3, -0.25) is 9.89 Å². The number of rotatable bonds is 7. The third-order valence-corrected chi connectivity index (χ3v) is 6.09. The molecule has 1 heterocycles. The van der Waals surface area contributed by atoms with Crippen molar-refractivity contribution in [3.8, 4) is 22.6 Å². The number of aromatic hydroxyl groups is 1. The fraction of sp³-hybridized carbons (Fsp3) is 0.333. The number of fused-ring (bicyclic) bond motifs is 1. The van der Waals surface area contributed by atoms with E-state index in [4.69, 9.17) is 16.3 Å². The van der Waals surface area contributed by atoms with Crippen LogP contribution in [0.15, 0.2) is 48.7 Å². The molecule has 0 saturated heterocycles. The average Bonchev–Trinajstić information content (AvgIpc) is 3.18. The van der Waals surface area contributed by atoms with Crippen molar-refractivity contribution in [2.75, 3.05) is 27.7 Å². The van der Waals surface area contributed by atoms with Crippen molar-refractivity contribution >= 4 is 28.4 Å². The number of benzene rings is 2. The lowest BCUT2D eigenvalue weighted by molar-refractivity contribution is -0.130. The van der Waals surface area contributed by atoms with E-state index in [-0.39, 0.29) is 23.8 Å². The summed E-state index contributed by atoms with van der Waals surface area (Å²) >= 11 is 6.35. The molecule has 0 radical (unpaired) electrons. The summed E-state index contributed by atoms with van der Waals surface area (Å²) < 4.78 is 6.31. The summed E-state index contributed by atoms with van der Waals surface area (Å²) in [5.74, 6) is 0.851. The van der Waals surface area contributed by atoms with Crippen molar-refractivity contribution in [2.24, 2.45) is 0 Å². The van der Waals surface area contributed by atoms with Crippen molar-refractivity contribution < 1.29 is 14.6 Å². The molecule has 0 unspecified atom stereocenters. The highest BCUT2D eigenvalue weighted by molar-refractivity contribution is 6.33. The second kappa shape index (κ2) is 9.22. The van der Waals surface area contributed by atoms with Crippen molar-refractivity contribution in [3.05, 3.63) is 53.7 Å². The van der Waals surface area contributed by atoms with Crippen LogP contribution in [-0.2, 0) is 4.79 Å². The molecule has 0 aliphatic heterocycles. The number of phenols is 1. The van der Waals surface area contributed by atoms with Gasteiger partial charge >= 0.3 is 0 Å². The van der Waals surface area contributed by atoms with Gasteiger partial charge in [0.05, 0.1) is 22.1 Å². The molecular formula is C24H27ClN4O3. The Kier molecular flexibility index (Phi) is 6.39. The molecule has 1 amide bonds. The molecule has 168 valence electrons. The average molecular weight is 455 g/mol. The Balaban J connectivity index is 1.46. The maximum atomic E-state index is 12.4. The van der Waals surface area contributed by atoms with Crippen LogP contribution in [0.3, 0.4) is 0 Å². The van der Waals surface area contributed by atoms with Gasteiger partial charge in [0.2, 0.25) is 5.91 Å². The lowest BCUT2D eigenvalue weighted by Crippen LogP contribution is -2.49. The summed E-state index contributed by atoms with van der Waals surface area (Å²) in [7, 11) is 5.77. The van der Waals surface area contributed by atoms with Gasteiger partial charge in [-0.2, -0.15) is 5.10 Å². The summed E-state index contributed by atoms with van der Waals surface area (Å²) in [6, 6.07) is 8.97. The van der Waals surface area contributed by atoms with Crippen LogP contribution in [0.5, 0.6) is 11.5 Å². The molecule has 0 spiro atoms. The Labute approximate surface area is 192 Å². The van der Waals surface area contributed by atoms with E-state index < -0.39 is 0 Å². The number of likely N-dealkylation sites (N-methyl/N-ethyl adjacent to an activating group) is 2. The molecule has 2 aromatic carbocycles. The van der Waals surface area contributed by atoms with Gasteiger partial charge in [0, 0.05) is 44.1 Å². The monoisotopic (exact) mass is 454 g/mol. The van der Waals surface area contributed by atoms with Crippen molar-refractivity contribution in [2.45, 2.75) is 25.0 Å². The molecule has 3 aromatic rings. The van der Waals surface area contributed by atoms with Gasteiger partial charge in [-0.15, -0.1) is 0 Å². The van der Waals surface area contributed by atoms with Gasteiger partial charge in [-0.05, 0) is 50.0 Å². The van der Waals surface area contributed by atoms with Crippen LogP contribution < -0.4 is 4.74 Å². The number of carbonyl (C=O) groups excluding carboxylic acids is 1. The van der Waals surface area contributed by atoms with E-state index in [2.05, 4.69) is 10.2 Å². The first-order chi connectivity index (χ1) is 15.3. The molecule has 0 bridgehead atoms. The van der Waals surface area contributed by atoms with Gasteiger partial charge in [-0.1, -0.05) is 17.7 Å². The number of nitrogens with zero attached hydrogens (tertiary/aromatic N) is 3. The highest BCUT2D eigenvalue weighted by atomic mass is 35.5. The van der Waals surface area contributed by atoms with Gasteiger partial charge in [0.25, 0.3) is 0 Å². The molecule has 1 aliphatic rings. The fourth-order valence-electron chi connectivity index (χ4n) is 3.80. The number of ether oxygens (including phenoxy) is 1. The molecule has 7 nitrogen and oxygen atoms in total. The highest BCUT2D eigenvalue weighted by Crippen LogP contribution is 2.38. The minimum absolute atomic E-state index is 0.0106. The molecular weight excluding hydrogens is 428 g/mol. The number of H-pyrrole nitrogens is 1. The highest BCUT2D eigenvalue weighted by Gasteiger charge is 2.35. The maximum Gasteiger partial charge on any atom is 0.246 e. The SMILES string of the molecule is CN(C)C/C=C/C(=O)N(C)[C@H]1C[C@H](Oc2cc(-c3ccc(O)cc3Cl)cc3[nH]ncc23)C1. The minimum Gasteiger partial charge on any atom is -0.508 e. The van der Waals surface area contributed by atoms with E-state index in [1.165, 1.54) is 6.07 Å². The molecule has 2 N–H and O–H groups in total. The third-order valence-electron chi connectivity index (χ3n) is 5.77. The van der Waals surface area contributed by atoms with E-state index in [1.807, 2.05) is 44.3 Å². The van der Waals surface area contributed by atoms with Crippen molar-refractivity contribution in [1.82, 2.24) is 20.0 Å². The summed E-state index contributed by atoms with van der Waals surface area (Å²) in [5.41, 5.74) is 2.51. The topological polar surface area (TPSA) is 81.7 Å². The number of aromatic amines is 1. The summed E-state index contributed by atoms with van der Waals surface area (Å²) in [6.07, 6.45) is 6.81. The number of aromatic nitrogens is 2. The van der Waals surface area contributed by atoms with Crippen LogP contribution in [0.25, 0.3) is 22.0 Å². The van der Waals surface area contributed by atoms with Crippen LogP contribution in [0.4, 0.5) is 0 Å². The largest absolute Gasteiger partial charge is 0.508 e. The van der Waals surface area contributed by atoms with Crippen LogP contribution in [0.2, 0.25) is 5.02 Å². The molecule has 0 atom stereocenters. The van der Waals surface area contributed by atoms with Crippen LogP contribution >= 0.6 is 11.6 Å². The predicted molar refractivity (Wildman–Crippen MR) is 126 cm³/mol. The number of nitrogens with one attached hydrogen (secondary N) is 1. The van der Waals surface area contributed by atoms with Crippen molar-refractivity contribution in [3.63, 3.8) is 0 Å². The van der Waals surface area contributed by atoms with E-state index >= 15 is 0 Å². The summed E-state index contributed by atoms with van der Waals surface area (Å²) in [4.78, 5) is 16.1. The van der Waals surface area contributed by atoms with E-state index in [9.17, 15) is 9.90 Å². The standard InChI is InChI=1S/C24H27ClN4O3/c1-28(2)8-4-5-24(31)29(3)16-11-18(12-16)32-23-10-15(9-22-20(23)14-26-27-22)19-7-6-17(30)13-21(19)25/h4-7,9-10,13-14,16,18,30H,8,11-12H2,1-3H3,(H,26,27)/b5-4+/t16-,18-. The number of phenolic OH excluding ortho intramolecular Hbond substituents is 1.